The second-order valence-corrected chi connectivity index (χ2v) is 7.27. The van der Waals surface area contributed by atoms with Gasteiger partial charge >= 0.3 is 0 Å². The first kappa shape index (κ1) is 18.9. The molecule has 7 nitrogen and oxygen atoms in total. The Morgan fingerprint density at radius 2 is 2.03 bits per heavy atom. The Bertz CT molecular complexity index is 1020. The predicted molar refractivity (Wildman–Crippen MR) is 110 cm³/mol. The number of anilines is 1. The van der Waals surface area contributed by atoms with Crippen molar-refractivity contribution in [1.82, 2.24) is 20.1 Å². The Hall–Kier alpha value is -3.48. The highest BCUT2D eigenvalue weighted by Crippen LogP contribution is 2.29. The predicted octanol–water partition coefficient (Wildman–Crippen LogP) is 3.45. The number of likely N-dealkylation sites (tertiary alicyclic amines) is 1. The lowest BCUT2D eigenvalue weighted by atomic mass is 9.93. The Morgan fingerprint density at radius 1 is 1.17 bits per heavy atom. The second-order valence-electron chi connectivity index (χ2n) is 7.27. The van der Waals surface area contributed by atoms with E-state index < -0.39 is 0 Å². The standard InChI is InChI=1S/C22H23N5O2/c1-15(28)24-18-7-2-5-16(13-18)19-8-3-9-20(25-19)17-6-4-12-27(14-17)22(29)21-10-11-23-26-21/h2-3,5,7-11,13,17H,4,6,12,14H2,1H3,(H,23,26)(H,24,28)/t17-/m1/s1. The molecule has 1 aliphatic rings. The molecule has 3 aromatic rings. The summed E-state index contributed by atoms with van der Waals surface area (Å²) in [7, 11) is 0. The lowest BCUT2D eigenvalue weighted by Crippen LogP contribution is -2.39. The van der Waals surface area contributed by atoms with Crippen molar-refractivity contribution in [3.05, 3.63) is 66.1 Å². The first-order valence-electron chi connectivity index (χ1n) is 9.74. The fourth-order valence-electron chi connectivity index (χ4n) is 3.75. The van der Waals surface area contributed by atoms with E-state index in [1.807, 2.05) is 47.4 Å². The Kier molecular flexibility index (Phi) is 5.37. The van der Waals surface area contributed by atoms with Crippen LogP contribution in [0.5, 0.6) is 0 Å². The van der Waals surface area contributed by atoms with Crippen molar-refractivity contribution >= 4 is 17.5 Å². The molecule has 2 N–H and O–H groups in total. The second kappa shape index (κ2) is 8.26. The van der Waals surface area contributed by atoms with Crippen LogP contribution in [0.25, 0.3) is 11.3 Å². The lowest BCUT2D eigenvalue weighted by molar-refractivity contribution is -0.114. The van der Waals surface area contributed by atoms with Crippen molar-refractivity contribution in [2.24, 2.45) is 0 Å². The zero-order valence-corrected chi connectivity index (χ0v) is 16.3. The van der Waals surface area contributed by atoms with E-state index in [9.17, 15) is 9.59 Å². The number of nitrogens with zero attached hydrogens (tertiary/aromatic N) is 3. The maximum atomic E-state index is 12.7. The normalized spacial score (nSPS) is 16.4. The highest BCUT2D eigenvalue weighted by molar-refractivity contribution is 5.92. The molecule has 148 valence electrons. The smallest absolute Gasteiger partial charge is 0.271 e. The molecule has 1 saturated heterocycles. The van der Waals surface area contributed by atoms with Gasteiger partial charge in [0.25, 0.3) is 5.91 Å². The quantitative estimate of drug-likeness (QED) is 0.715. The van der Waals surface area contributed by atoms with Crippen molar-refractivity contribution in [3.8, 4) is 11.3 Å². The molecule has 2 amide bonds. The first-order chi connectivity index (χ1) is 14.1. The number of hydrogen-bond donors (Lipinski definition) is 2. The minimum atomic E-state index is -0.104. The van der Waals surface area contributed by atoms with Crippen LogP contribution in [0.1, 0.15) is 41.9 Å². The van der Waals surface area contributed by atoms with E-state index in [2.05, 4.69) is 15.5 Å². The van der Waals surface area contributed by atoms with Crippen molar-refractivity contribution in [3.63, 3.8) is 0 Å². The molecule has 0 aliphatic carbocycles. The number of aromatic amines is 1. The number of carbonyl (C=O) groups is 2. The molecule has 1 aliphatic heterocycles. The average molecular weight is 389 g/mol. The van der Waals surface area contributed by atoms with Crippen LogP contribution < -0.4 is 5.32 Å². The number of carbonyl (C=O) groups excluding carboxylic acids is 2. The SMILES string of the molecule is CC(=O)Nc1cccc(-c2cccc([C@@H]3CCCN(C(=O)c4ccn[nH]4)C3)n2)c1. The van der Waals surface area contributed by atoms with Gasteiger partial charge in [-0.1, -0.05) is 18.2 Å². The van der Waals surface area contributed by atoms with Crippen LogP contribution in [-0.4, -0.2) is 45.0 Å². The van der Waals surface area contributed by atoms with Gasteiger partial charge in [0.05, 0.1) is 5.69 Å². The molecule has 0 spiro atoms. The maximum Gasteiger partial charge on any atom is 0.271 e. The number of H-pyrrole nitrogens is 1. The molecule has 2 aromatic heterocycles. The summed E-state index contributed by atoms with van der Waals surface area (Å²) in [5.41, 5.74) is 4.04. The zero-order valence-electron chi connectivity index (χ0n) is 16.3. The number of piperidine rings is 1. The van der Waals surface area contributed by atoms with Gasteiger partial charge in [-0.25, -0.2) is 0 Å². The van der Waals surface area contributed by atoms with Crippen LogP contribution >= 0.6 is 0 Å². The molecule has 7 heteroatoms. The van der Waals surface area contributed by atoms with Crippen molar-refractivity contribution in [2.45, 2.75) is 25.7 Å². The number of pyridine rings is 1. The number of aromatic nitrogens is 3. The van der Waals surface area contributed by atoms with Gasteiger partial charge in [-0.2, -0.15) is 5.10 Å². The molecule has 0 saturated carbocycles. The van der Waals surface area contributed by atoms with E-state index in [0.29, 0.717) is 12.2 Å². The summed E-state index contributed by atoms with van der Waals surface area (Å²) in [6.07, 6.45) is 3.53. The molecule has 29 heavy (non-hydrogen) atoms. The minimum absolute atomic E-state index is 0.0219. The fraction of sp³-hybridized carbons (Fsp3) is 0.273. The minimum Gasteiger partial charge on any atom is -0.337 e. The van der Waals surface area contributed by atoms with Crippen LogP contribution in [0, 0.1) is 0 Å². The molecule has 1 aromatic carbocycles. The fourth-order valence-corrected chi connectivity index (χ4v) is 3.75. The molecular weight excluding hydrogens is 366 g/mol. The number of hydrogen-bond acceptors (Lipinski definition) is 4. The largest absolute Gasteiger partial charge is 0.337 e. The molecule has 0 unspecified atom stereocenters. The van der Waals surface area contributed by atoms with Crippen LogP contribution in [0.2, 0.25) is 0 Å². The van der Waals surface area contributed by atoms with Gasteiger partial charge in [-0.3, -0.25) is 19.7 Å². The van der Waals surface area contributed by atoms with Gasteiger partial charge in [0.1, 0.15) is 5.69 Å². The molecule has 0 radical (unpaired) electrons. The van der Waals surface area contributed by atoms with E-state index in [1.54, 1.807) is 12.3 Å². The summed E-state index contributed by atoms with van der Waals surface area (Å²) < 4.78 is 0. The molecular formula is C22H23N5O2. The molecule has 1 fully saturated rings. The Balaban J connectivity index is 1.54. The zero-order chi connectivity index (χ0) is 20.2. The van der Waals surface area contributed by atoms with E-state index in [-0.39, 0.29) is 17.7 Å². The number of benzene rings is 1. The number of rotatable bonds is 4. The van der Waals surface area contributed by atoms with Gasteiger partial charge in [0.15, 0.2) is 0 Å². The first-order valence-corrected chi connectivity index (χ1v) is 9.74. The van der Waals surface area contributed by atoms with Crippen molar-refractivity contribution in [1.29, 1.82) is 0 Å². The van der Waals surface area contributed by atoms with Crippen LogP contribution in [-0.2, 0) is 4.79 Å². The van der Waals surface area contributed by atoms with Crippen molar-refractivity contribution < 1.29 is 9.59 Å². The Morgan fingerprint density at radius 3 is 2.83 bits per heavy atom. The van der Waals surface area contributed by atoms with Crippen LogP contribution in [0.3, 0.4) is 0 Å². The number of nitrogens with one attached hydrogen (secondary N) is 2. The van der Waals surface area contributed by atoms with Gasteiger partial charge in [0.2, 0.25) is 5.91 Å². The van der Waals surface area contributed by atoms with E-state index in [0.717, 1.165) is 42.0 Å². The van der Waals surface area contributed by atoms with Gasteiger partial charge in [-0.15, -0.1) is 0 Å². The third kappa shape index (κ3) is 4.34. The lowest BCUT2D eigenvalue weighted by Gasteiger charge is -2.32. The average Bonchev–Trinajstić information content (AvgIpc) is 3.28. The number of amides is 2. The third-order valence-corrected chi connectivity index (χ3v) is 5.11. The topological polar surface area (TPSA) is 91.0 Å². The molecule has 1 atom stereocenters. The van der Waals surface area contributed by atoms with Crippen LogP contribution in [0.4, 0.5) is 5.69 Å². The molecule has 4 rings (SSSR count). The highest BCUT2D eigenvalue weighted by Gasteiger charge is 2.27. The van der Waals surface area contributed by atoms with E-state index in [1.165, 1.54) is 6.92 Å². The van der Waals surface area contributed by atoms with Crippen molar-refractivity contribution in [2.75, 3.05) is 18.4 Å². The summed E-state index contributed by atoms with van der Waals surface area (Å²) >= 11 is 0. The Labute approximate surface area is 169 Å². The summed E-state index contributed by atoms with van der Waals surface area (Å²) in [6, 6.07) is 15.3. The molecule has 0 bridgehead atoms. The third-order valence-electron chi connectivity index (χ3n) is 5.11. The van der Waals surface area contributed by atoms with E-state index >= 15 is 0 Å². The summed E-state index contributed by atoms with van der Waals surface area (Å²) in [5, 5.41) is 9.43. The summed E-state index contributed by atoms with van der Waals surface area (Å²) in [5.74, 6) is 0.0635. The summed E-state index contributed by atoms with van der Waals surface area (Å²) in [6.45, 7) is 2.87. The van der Waals surface area contributed by atoms with Crippen LogP contribution in [0.15, 0.2) is 54.7 Å². The highest BCUT2D eigenvalue weighted by atomic mass is 16.2. The van der Waals surface area contributed by atoms with E-state index in [4.69, 9.17) is 4.98 Å². The summed E-state index contributed by atoms with van der Waals surface area (Å²) in [4.78, 5) is 30.7. The van der Waals surface area contributed by atoms with Gasteiger partial charge in [0, 0.05) is 49.1 Å². The van der Waals surface area contributed by atoms with Gasteiger partial charge in [-0.05, 0) is 43.2 Å². The molecule has 3 heterocycles. The van der Waals surface area contributed by atoms with Gasteiger partial charge < -0.3 is 10.2 Å². The maximum absolute atomic E-state index is 12.7. The monoisotopic (exact) mass is 389 g/mol.